The summed E-state index contributed by atoms with van der Waals surface area (Å²) < 4.78 is 9.86. The van der Waals surface area contributed by atoms with Crippen LogP contribution in [0.25, 0.3) is 110 Å². The first-order valence-electron chi connectivity index (χ1n) is 20.0. The predicted molar refractivity (Wildman–Crippen MR) is 244 cm³/mol. The molecule has 0 amide bonds. The fraction of sp³-hybridized carbons (Fsp3) is 0. The van der Waals surface area contributed by atoms with Crippen LogP contribution in [-0.4, -0.2) is 18.3 Å². The molecule has 58 heavy (non-hydrogen) atoms. The Hall–Kier alpha value is -7.82. The summed E-state index contributed by atoms with van der Waals surface area (Å²) in [6.45, 7) is 0. The molecular weight excluding hydrogens is 705 g/mol. The molecule has 0 saturated carbocycles. The van der Waals surface area contributed by atoms with E-state index < -0.39 is 0 Å². The SMILES string of the molecule is c1ccc(-n2c3ccccc3c3c(-n4c5ccccc5c5ccc(-n6c7ccccc7c7cccc(-n8c9ccccc9c9ccccc98)c76)cc54)cccc32)cc1. The Morgan fingerprint density at radius 1 is 0.224 bits per heavy atom. The molecule has 4 nitrogen and oxygen atoms in total. The van der Waals surface area contributed by atoms with Crippen LogP contribution < -0.4 is 0 Å². The summed E-state index contributed by atoms with van der Waals surface area (Å²) in [5.74, 6) is 0. The number of hydrogen-bond acceptors (Lipinski definition) is 0. The Labute approximate surface area is 333 Å². The molecule has 4 aromatic heterocycles. The molecule has 13 aromatic rings. The molecule has 0 saturated heterocycles. The molecule has 0 aliphatic rings. The van der Waals surface area contributed by atoms with Crippen LogP contribution >= 0.6 is 0 Å². The predicted octanol–water partition coefficient (Wildman–Crippen LogP) is 14.1. The summed E-state index contributed by atoms with van der Waals surface area (Å²) in [6, 6.07) is 75.5. The van der Waals surface area contributed by atoms with Crippen LogP contribution in [0.4, 0.5) is 0 Å². The summed E-state index contributed by atoms with van der Waals surface area (Å²) in [5, 5.41) is 9.91. The van der Waals surface area contributed by atoms with Crippen LogP contribution in [0.1, 0.15) is 0 Å². The fourth-order valence-corrected chi connectivity index (χ4v) is 10.0. The molecule has 0 unspecified atom stereocenters. The van der Waals surface area contributed by atoms with E-state index in [1.165, 1.54) is 92.9 Å². The maximum absolute atomic E-state index is 2.50. The van der Waals surface area contributed by atoms with E-state index in [9.17, 15) is 0 Å². The van der Waals surface area contributed by atoms with Gasteiger partial charge in [0.2, 0.25) is 0 Å². The normalized spacial score (nSPS) is 12.1. The average Bonchev–Trinajstić information content (AvgIpc) is 4.02. The lowest BCUT2D eigenvalue weighted by molar-refractivity contribution is 1.13. The quantitative estimate of drug-likeness (QED) is 0.171. The first-order valence-corrected chi connectivity index (χ1v) is 20.0. The van der Waals surface area contributed by atoms with Crippen molar-refractivity contribution in [3.05, 3.63) is 206 Å². The molecule has 0 aliphatic heterocycles. The van der Waals surface area contributed by atoms with Crippen molar-refractivity contribution in [2.75, 3.05) is 0 Å². The van der Waals surface area contributed by atoms with E-state index in [4.69, 9.17) is 0 Å². The maximum atomic E-state index is 2.50. The Morgan fingerprint density at radius 2 is 0.655 bits per heavy atom. The highest BCUT2D eigenvalue weighted by atomic mass is 15.1. The van der Waals surface area contributed by atoms with E-state index in [0.29, 0.717) is 0 Å². The van der Waals surface area contributed by atoms with Crippen LogP contribution in [0.3, 0.4) is 0 Å². The Balaban J connectivity index is 1.15. The van der Waals surface area contributed by atoms with E-state index >= 15 is 0 Å². The molecule has 0 N–H and O–H groups in total. The largest absolute Gasteiger partial charge is 0.309 e. The van der Waals surface area contributed by atoms with Crippen molar-refractivity contribution in [3.8, 4) is 22.7 Å². The number of nitrogens with zero attached hydrogens (tertiary/aromatic N) is 4. The van der Waals surface area contributed by atoms with Crippen molar-refractivity contribution in [2.45, 2.75) is 0 Å². The van der Waals surface area contributed by atoms with Gasteiger partial charge in [0.1, 0.15) is 0 Å². The van der Waals surface area contributed by atoms with Crippen molar-refractivity contribution in [1.82, 2.24) is 18.3 Å². The van der Waals surface area contributed by atoms with Crippen molar-refractivity contribution >= 4 is 87.2 Å². The molecule has 270 valence electrons. The van der Waals surface area contributed by atoms with Crippen molar-refractivity contribution in [2.24, 2.45) is 0 Å². The highest BCUT2D eigenvalue weighted by Crippen LogP contribution is 2.43. The maximum Gasteiger partial charge on any atom is 0.0782 e. The monoisotopic (exact) mass is 738 g/mol. The fourth-order valence-electron chi connectivity index (χ4n) is 10.0. The van der Waals surface area contributed by atoms with Gasteiger partial charge in [0.25, 0.3) is 0 Å². The zero-order chi connectivity index (χ0) is 37.9. The van der Waals surface area contributed by atoms with Gasteiger partial charge in [-0.3, -0.25) is 0 Å². The summed E-state index contributed by atoms with van der Waals surface area (Å²) >= 11 is 0. The third kappa shape index (κ3) is 4.18. The lowest BCUT2D eigenvalue weighted by Crippen LogP contribution is -2.01. The highest BCUT2D eigenvalue weighted by Gasteiger charge is 2.23. The van der Waals surface area contributed by atoms with Gasteiger partial charge in [-0.25, -0.2) is 0 Å². The van der Waals surface area contributed by atoms with Gasteiger partial charge in [0.15, 0.2) is 0 Å². The topological polar surface area (TPSA) is 19.7 Å². The molecule has 4 heterocycles. The van der Waals surface area contributed by atoms with E-state index in [2.05, 4.69) is 225 Å². The van der Waals surface area contributed by atoms with Crippen molar-refractivity contribution < 1.29 is 0 Å². The number of fused-ring (bicyclic) bond motifs is 12. The summed E-state index contributed by atoms with van der Waals surface area (Å²) in [6.07, 6.45) is 0. The van der Waals surface area contributed by atoms with E-state index in [1.54, 1.807) is 0 Å². The highest BCUT2D eigenvalue weighted by molar-refractivity contribution is 6.18. The van der Waals surface area contributed by atoms with Gasteiger partial charge in [0, 0.05) is 54.5 Å². The lowest BCUT2D eigenvalue weighted by Gasteiger charge is -2.15. The van der Waals surface area contributed by atoms with Gasteiger partial charge in [0.05, 0.1) is 55.5 Å². The van der Waals surface area contributed by atoms with Crippen LogP contribution in [0, 0.1) is 0 Å². The summed E-state index contributed by atoms with van der Waals surface area (Å²) in [5.41, 5.74) is 14.1. The van der Waals surface area contributed by atoms with Gasteiger partial charge in [-0.1, -0.05) is 133 Å². The molecule has 13 rings (SSSR count). The molecule has 0 radical (unpaired) electrons. The summed E-state index contributed by atoms with van der Waals surface area (Å²) in [4.78, 5) is 0. The second kappa shape index (κ2) is 11.8. The molecular formula is C54H34N4. The van der Waals surface area contributed by atoms with Gasteiger partial charge >= 0.3 is 0 Å². The van der Waals surface area contributed by atoms with Gasteiger partial charge in [-0.15, -0.1) is 0 Å². The van der Waals surface area contributed by atoms with Crippen LogP contribution in [0.15, 0.2) is 206 Å². The average molecular weight is 739 g/mol. The zero-order valence-corrected chi connectivity index (χ0v) is 31.4. The number of aromatic nitrogens is 4. The molecule has 0 bridgehead atoms. The molecule has 0 spiro atoms. The minimum Gasteiger partial charge on any atom is -0.309 e. The van der Waals surface area contributed by atoms with E-state index in [-0.39, 0.29) is 0 Å². The molecule has 0 atom stereocenters. The third-order valence-electron chi connectivity index (χ3n) is 12.3. The first kappa shape index (κ1) is 31.4. The second-order valence-electron chi connectivity index (χ2n) is 15.3. The van der Waals surface area contributed by atoms with Crippen LogP contribution in [0.2, 0.25) is 0 Å². The minimum absolute atomic E-state index is 1.12. The Morgan fingerprint density at radius 3 is 1.29 bits per heavy atom. The van der Waals surface area contributed by atoms with Gasteiger partial charge < -0.3 is 18.3 Å². The number of benzene rings is 9. The summed E-state index contributed by atoms with van der Waals surface area (Å²) in [7, 11) is 0. The smallest absolute Gasteiger partial charge is 0.0782 e. The number of para-hydroxylation sites is 7. The molecule has 0 fully saturated rings. The molecule has 4 heteroatoms. The second-order valence-corrected chi connectivity index (χ2v) is 15.3. The lowest BCUT2D eigenvalue weighted by atomic mass is 10.1. The standard InChI is InChI=1S/C54H34N4/c1-2-16-35(17-3-1)55-48-28-13-8-22-43(48)53-49(55)29-15-30-50(53)58-47-27-12-6-20-39(47)41-33-32-36(34-52(41)58)56-44-24-9-7-21-40(44)42-23-14-31-51(54(42)56)57-45-25-10-4-18-37(45)38-19-5-11-26-46(38)57/h1-34H. The first-order chi connectivity index (χ1) is 28.8. The van der Waals surface area contributed by atoms with Gasteiger partial charge in [-0.05, 0) is 72.8 Å². The minimum atomic E-state index is 1.12. The van der Waals surface area contributed by atoms with Crippen LogP contribution in [-0.2, 0) is 0 Å². The molecule has 0 aliphatic carbocycles. The van der Waals surface area contributed by atoms with Crippen molar-refractivity contribution in [3.63, 3.8) is 0 Å². The Bertz CT molecular complexity index is 3740. The van der Waals surface area contributed by atoms with E-state index in [0.717, 1.165) is 17.1 Å². The van der Waals surface area contributed by atoms with Gasteiger partial charge in [-0.2, -0.15) is 0 Å². The van der Waals surface area contributed by atoms with E-state index in [1.807, 2.05) is 0 Å². The Kier molecular flexibility index (Phi) is 6.41. The van der Waals surface area contributed by atoms with Crippen LogP contribution in [0.5, 0.6) is 0 Å². The zero-order valence-electron chi connectivity index (χ0n) is 31.4. The molecule has 9 aromatic carbocycles. The third-order valence-corrected chi connectivity index (χ3v) is 12.3. The number of rotatable bonds is 4. The number of hydrogen-bond donors (Lipinski definition) is 0. The van der Waals surface area contributed by atoms with Crippen molar-refractivity contribution in [1.29, 1.82) is 0 Å².